The molecule has 0 fully saturated rings. The van der Waals surface area contributed by atoms with Crippen LogP contribution in [0.4, 0.5) is 0 Å². The molecule has 0 aliphatic carbocycles. The topological polar surface area (TPSA) is 29.5 Å². The molecule has 1 aromatic carbocycles. The number of aliphatic hydroxyl groups excluding tert-OH is 1. The van der Waals surface area contributed by atoms with Crippen LogP contribution in [0, 0.1) is 0 Å². The molecule has 0 spiro atoms. The molecule has 20 heavy (non-hydrogen) atoms. The normalized spacial score (nSPS) is 14.9. The number of fused-ring (bicyclic) bond motifs is 1. The molecule has 0 bridgehead atoms. The Morgan fingerprint density at radius 3 is 2.85 bits per heavy atom. The van der Waals surface area contributed by atoms with E-state index in [0.29, 0.717) is 6.42 Å². The first-order chi connectivity index (χ1) is 9.70. The van der Waals surface area contributed by atoms with Crippen molar-refractivity contribution in [1.29, 1.82) is 0 Å². The Kier molecular flexibility index (Phi) is 6.18. The summed E-state index contributed by atoms with van der Waals surface area (Å²) < 4.78 is 5.67. The molecule has 0 radical (unpaired) electrons. The second-order valence-electron chi connectivity index (χ2n) is 5.71. The van der Waals surface area contributed by atoms with E-state index in [1.54, 1.807) is 0 Å². The van der Waals surface area contributed by atoms with Gasteiger partial charge in [0.05, 0.1) is 12.7 Å². The Balaban J connectivity index is 1.84. The van der Waals surface area contributed by atoms with E-state index in [1.165, 1.54) is 31.2 Å². The zero-order valence-corrected chi connectivity index (χ0v) is 13.1. The minimum Gasteiger partial charge on any atom is -0.493 e. The number of ether oxygens (including phenoxy) is 1. The van der Waals surface area contributed by atoms with Crippen molar-refractivity contribution in [3.05, 3.63) is 28.3 Å². The summed E-state index contributed by atoms with van der Waals surface area (Å²) in [5.41, 5.74) is 2.24. The lowest BCUT2D eigenvalue weighted by Crippen LogP contribution is -2.11. The Morgan fingerprint density at radius 1 is 1.25 bits per heavy atom. The van der Waals surface area contributed by atoms with Gasteiger partial charge in [-0.05, 0) is 29.7 Å². The van der Waals surface area contributed by atoms with Crippen LogP contribution in [-0.2, 0) is 12.8 Å². The van der Waals surface area contributed by atoms with Crippen LogP contribution in [0.25, 0.3) is 0 Å². The van der Waals surface area contributed by atoms with Gasteiger partial charge in [0.25, 0.3) is 0 Å². The molecule has 2 rings (SSSR count). The van der Waals surface area contributed by atoms with Gasteiger partial charge in [-0.15, -0.1) is 0 Å². The van der Waals surface area contributed by atoms with Crippen molar-refractivity contribution in [1.82, 2.24) is 0 Å². The fourth-order valence-corrected chi connectivity index (χ4v) is 3.10. The van der Waals surface area contributed by atoms with Crippen molar-refractivity contribution in [3.63, 3.8) is 0 Å². The quantitative estimate of drug-likeness (QED) is 0.714. The molecule has 0 saturated carbocycles. The molecule has 2 nitrogen and oxygen atoms in total. The number of rotatable bonds is 8. The summed E-state index contributed by atoms with van der Waals surface area (Å²) in [4.78, 5) is 0. The summed E-state index contributed by atoms with van der Waals surface area (Å²) in [6.45, 7) is 2.95. The molecule has 1 aliphatic rings. The van der Waals surface area contributed by atoms with E-state index in [1.807, 2.05) is 12.1 Å². The van der Waals surface area contributed by atoms with Crippen LogP contribution in [0.1, 0.15) is 56.6 Å². The van der Waals surface area contributed by atoms with Gasteiger partial charge >= 0.3 is 0 Å². The Morgan fingerprint density at radius 2 is 2.05 bits per heavy atom. The fourth-order valence-electron chi connectivity index (χ4n) is 2.84. The highest BCUT2D eigenvalue weighted by atomic mass is 35.5. The van der Waals surface area contributed by atoms with Crippen molar-refractivity contribution in [2.45, 2.75) is 64.4 Å². The standard InChI is InChI=1S/C17H25ClO2/c1-2-3-4-5-6-7-16(19)12-14-11-15(18)10-13-8-9-20-17(13)14/h10-11,16,19H,2-9,12H2,1H3. The third-order valence-electron chi connectivity index (χ3n) is 3.92. The molecular formula is C17H25ClO2. The van der Waals surface area contributed by atoms with Gasteiger partial charge in [0.15, 0.2) is 0 Å². The third-order valence-corrected chi connectivity index (χ3v) is 4.14. The maximum atomic E-state index is 10.2. The second kappa shape index (κ2) is 7.90. The highest BCUT2D eigenvalue weighted by molar-refractivity contribution is 6.30. The molecule has 1 heterocycles. The number of hydrogen-bond donors (Lipinski definition) is 1. The lowest BCUT2D eigenvalue weighted by atomic mass is 9.99. The smallest absolute Gasteiger partial charge is 0.126 e. The maximum Gasteiger partial charge on any atom is 0.126 e. The molecular weight excluding hydrogens is 272 g/mol. The monoisotopic (exact) mass is 296 g/mol. The number of aliphatic hydroxyl groups is 1. The maximum absolute atomic E-state index is 10.2. The van der Waals surface area contributed by atoms with E-state index in [9.17, 15) is 5.11 Å². The summed E-state index contributed by atoms with van der Waals surface area (Å²) in [5, 5.41) is 10.9. The van der Waals surface area contributed by atoms with Gasteiger partial charge in [0.2, 0.25) is 0 Å². The van der Waals surface area contributed by atoms with Crippen LogP contribution in [0.2, 0.25) is 5.02 Å². The van der Waals surface area contributed by atoms with E-state index >= 15 is 0 Å². The van der Waals surface area contributed by atoms with Crippen LogP contribution in [-0.4, -0.2) is 17.8 Å². The van der Waals surface area contributed by atoms with Crippen molar-refractivity contribution in [2.75, 3.05) is 6.61 Å². The molecule has 0 amide bonds. The van der Waals surface area contributed by atoms with Crippen LogP contribution in [0.15, 0.2) is 12.1 Å². The zero-order chi connectivity index (χ0) is 14.4. The summed E-state index contributed by atoms with van der Waals surface area (Å²) in [7, 11) is 0. The van der Waals surface area contributed by atoms with Crippen LogP contribution >= 0.6 is 11.6 Å². The number of unbranched alkanes of at least 4 members (excludes halogenated alkanes) is 4. The molecule has 1 N–H and O–H groups in total. The number of hydrogen-bond acceptors (Lipinski definition) is 2. The first kappa shape index (κ1) is 15.7. The van der Waals surface area contributed by atoms with Crippen molar-refractivity contribution < 1.29 is 9.84 Å². The second-order valence-corrected chi connectivity index (χ2v) is 6.15. The van der Waals surface area contributed by atoms with Crippen molar-refractivity contribution in [2.24, 2.45) is 0 Å². The third kappa shape index (κ3) is 4.39. The zero-order valence-electron chi connectivity index (χ0n) is 12.3. The van der Waals surface area contributed by atoms with Gasteiger partial charge in [-0.3, -0.25) is 0 Å². The van der Waals surface area contributed by atoms with Gasteiger partial charge < -0.3 is 9.84 Å². The summed E-state index contributed by atoms with van der Waals surface area (Å²) in [6, 6.07) is 3.91. The van der Waals surface area contributed by atoms with Crippen LogP contribution in [0.5, 0.6) is 5.75 Å². The Hall–Kier alpha value is -0.730. The molecule has 1 aromatic rings. The highest BCUT2D eigenvalue weighted by Gasteiger charge is 2.19. The van der Waals surface area contributed by atoms with E-state index in [0.717, 1.165) is 42.2 Å². The molecule has 0 saturated heterocycles. The van der Waals surface area contributed by atoms with Crippen molar-refractivity contribution in [3.8, 4) is 5.75 Å². The van der Waals surface area contributed by atoms with E-state index in [4.69, 9.17) is 16.3 Å². The minimum absolute atomic E-state index is 0.289. The summed E-state index contributed by atoms with van der Waals surface area (Å²) in [6.07, 6.45) is 8.31. The van der Waals surface area contributed by atoms with Crippen molar-refractivity contribution >= 4 is 11.6 Å². The van der Waals surface area contributed by atoms with E-state index in [2.05, 4.69) is 6.92 Å². The molecule has 1 unspecified atom stereocenters. The van der Waals surface area contributed by atoms with E-state index < -0.39 is 0 Å². The van der Waals surface area contributed by atoms with Gasteiger partial charge in [-0.25, -0.2) is 0 Å². The molecule has 0 aromatic heterocycles. The van der Waals surface area contributed by atoms with Gasteiger partial charge in [-0.2, -0.15) is 0 Å². The lowest BCUT2D eigenvalue weighted by Gasteiger charge is -2.14. The Labute approximate surface area is 127 Å². The first-order valence-corrected chi connectivity index (χ1v) is 8.20. The highest BCUT2D eigenvalue weighted by Crippen LogP contribution is 2.33. The van der Waals surface area contributed by atoms with E-state index in [-0.39, 0.29) is 6.10 Å². The van der Waals surface area contributed by atoms with Crippen LogP contribution < -0.4 is 4.74 Å². The first-order valence-electron chi connectivity index (χ1n) is 7.83. The van der Waals surface area contributed by atoms with Crippen LogP contribution in [0.3, 0.4) is 0 Å². The minimum atomic E-state index is -0.289. The number of benzene rings is 1. The van der Waals surface area contributed by atoms with Gasteiger partial charge in [-0.1, -0.05) is 50.6 Å². The van der Waals surface area contributed by atoms with Gasteiger partial charge in [0, 0.05) is 17.9 Å². The molecule has 1 aliphatic heterocycles. The summed E-state index contributed by atoms with van der Waals surface area (Å²) in [5.74, 6) is 0.958. The Bertz CT molecular complexity index is 431. The lowest BCUT2D eigenvalue weighted by molar-refractivity contribution is 0.159. The fraction of sp³-hybridized carbons (Fsp3) is 0.647. The SMILES string of the molecule is CCCCCCCC(O)Cc1cc(Cl)cc2c1OCC2. The average molecular weight is 297 g/mol. The number of halogens is 1. The molecule has 1 atom stereocenters. The molecule has 3 heteroatoms. The predicted octanol–water partition coefficient (Wildman–Crippen LogP) is 4.54. The average Bonchev–Trinajstić information content (AvgIpc) is 2.86. The molecule has 112 valence electrons. The largest absolute Gasteiger partial charge is 0.493 e. The van der Waals surface area contributed by atoms with Gasteiger partial charge in [0.1, 0.15) is 5.75 Å². The predicted molar refractivity (Wildman–Crippen MR) is 83.7 cm³/mol. The summed E-state index contributed by atoms with van der Waals surface area (Å²) >= 11 is 6.14.